The van der Waals surface area contributed by atoms with Crippen molar-refractivity contribution in [3.05, 3.63) is 29.3 Å². The Morgan fingerprint density at radius 1 is 1.12 bits per heavy atom. The van der Waals surface area contributed by atoms with Crippen molar-refractivity contribution in [2.24, 2.45) is 0 Å². The molecule has 0 saturated carbocycles. The van der Waals surface area contributed by atoms with E-state index >= 15 is 0 Å². The van der Waals surface area contributed by atoms with Crippen LogP contribution >= 0.6 is 11.3 Å². The second-order valence-electron chi connectivity index (χ2n) is 6.05. The standard InChI is InChI=1S/C18H25N3O3S/c1-23-15-3-4-16(17(11-15)24-2)18-19-14(13-25-18)12-21-7-5-20(6-8-21)9-10-22/h3-4,11,13,22H,5-10,12H2,1-2H3. The molecule has 2 aromatic rings. The molecule has 1 aromatic heterocycles. The molecule has 25 heavy (non-hydrogen) atoms. The summed E-state index contributed by atoms with van der Waals surface area (Å²) in [5, 5.41) is 12.1. The van der Waals surface area contributed by atoms with E-state index in [-0.39, 0.29) is 6.61 Å². The fourth-order valence-corrected chi connectivity index (χ4v) is 3.86. The van der Waals surface area contributed by atoms with Crippen LogP contribution in [0.5, 0.6) is 11.5 Å². The Bertz CT molecular complexity index is 684. The maximum Gasteiger partial charge on any atom is 0.132 e. The lowest BCUT2D eigenvalue weighted by Crippen LogP contribution is -2.46. The Labute approximate surface area is 152 Å². The van der Waals surface area contributed by atoms with E-state index in [9.17, 15) is 0 Å². The molecular weight excluding hydrogens is 338 g/mol. The third-order valence-corrected chi connectivity index (χ3v) is 5.38. The lowest BCUT2D eigenvalue weighted by Gasteiger charge is -2.33. The van der Waals surface area contributed by atoms with E-state index in [0.717, 1.165) is 67.0 Å². The van der Waals surface area contributed by atoms with Gasteiger partial charge in [0.25, 0.3) is 0 Å². The first-order chi connectivity index (χ1) is 12.2. The highest BCUT2D eigenvalue weighted by atomic mass is 32.1. The van der Waals surface area contributed by atoms with Crippen molar-refractivity contribution < 1.29 is 14.6 Å². The largest absolute Gasteiger partial charge is 0.497 e. The Kier molecular flexibility index (Phi) is 6.25. The van der Waals surface area contributed by atoms with Gasteiger partial charge < -0.3 is 14.6 Å². The molecule has 1 N–H and O–H groups in total. The van der Waals surface area contributed by atoms with Gasteiger partial charge in [-0.3, -0.25) is 9.80 Å². The van der Waals surface area contributed by atoms with Crippen molar-refractivity contribution >= 4 is 11.3 Å². The number of ether oxygens (including phenoxy) is 2. The first-order valence-electron chi connectivity index (χ1n) is 8.46. The van der Waals surface area contributed by atoms with Crippen molar-refractivity contribution in [3.8, 4) is 22.1 Å². The zero-order valence-corrected chi connectivity index (χ0v) is 15.6. The van der Waals surface area contributed by atoms with Gasteiger partial charge >= 0.3 is 0 Å². The van der Waals surface area contributed by atoms with Gasteiger partial charge in [0.1, 0.15) is 16.5 Å². The monoisotopic (exact) mass is 363 g/mol. The summed E-state index contributed by atoms with van der Waals surface area (Å²) in [6.07, 6.45) is 0. The summed E-state index contributed by atoms with van der Waals surface area (Å²) in [6, 6.07) is 5.81. The molecule has 6 nitrogen and oxygen atoms in total. The quantitative estimate of drug-likeness (QED) is 0.811. The van der Waals surface area contributed by atoms with Gasteiger partial charge in [-0.1, -0.05) is 0 Å². The number of hydrogen-bond acceptors (Lipinski definition) is 7. The molecule has 0 aliphatic carbocycles. The maximum atomic E-state index is 9.02. The van der Waals surface area contributed by atoms with Gasteiger partial charge in [0.15, 0.2) is 0 Å². The predicted molar refractivity (Wildman–Crippen MR) is 99.5 cm³/mol. The first kappa shape index (κ1) is 18.1. The van der Waals surface area contributed by atoms with E-state index in [1.807, 2.05) is 18.2 Å². The molecule has 0 bridgehead atoms. The van der Waals surface area contributed by atoms with Crippen LogP contribution in [-0.2, 0) is 6.54 Å². The number of rotatable bonds is 7. The summed E-state index contributed by atoms with van der Waals surface area (Å²) in [4.78, 5) is 9.51. The third kappa shape index (κ3) is 4.49. The second kappa shape index (κ2) is 8.62. The van der Waals surface area contributed by atoms with Gasteiger partial charge in [0.2, 0.25) is 0 Å². The summed E-state index contributed by atoms with van der Waals surface area (Å²) >= 11 is 1.64. The lowest BCUT2D eigenvalue weighted by atomic mass is 10.2. The number of aromatic nitrogens is 1. The Morgan fingerprint density at radius 2 is 1.88 bits per heavy atom. The minimum Gasteiger partial charge on any atom is -0.497 e. The molecule has 0 radical (unpaired) electrons. The number of methoxy groups -OCH3 is 2. The molecule has 2 heterocycles. The highest BCUT2D eigenvalue weighted by Gasteiger charge is 2.18. The van der Waals surface area contributed by atoms with Crippen molar-refractivity contribution in [1.82, 2.24) is 14.8 Å². The molecule has 7 heteroatoms. The number of benzene rings is 1. The summed E-state index contributed by atoms with van der Waals surface area (Å²) < 4.78 is 10.7. The van der Waals surface area contributed by atoms with Gasteiger partial charge in [-0.05, 0) is 12.1 Å². The zero-order valence-electron chi connectivity index (χ0n) is 14.8. The van der Waals surface area contributed by atoms with Crippen molar-refractivity contribution in [2.75, 3.05) is 53.6 Å². The number of hydrogen-bond donors (Lipinski definition) is 1. The van der Waals surface area contributed by atoms with Crippen molar-refractivity contribution in [1.29, 1.82) is 0 Å². The van der Waals surface area contributed by atoms with Crippen LogP contribution in [-0.4, -0.2) is 73.4 Å². The SMILES string of the molecule is COc1ccc(-c2nc(CN3CCN(CCO)CC3)cs2)c(OC)c1. The normalized spacial score (nSPS) is 16.1. The van der Waals surface area contributed by atoms with Crippen LogP contribution in [0.15, 0.2) is 23.6 Å². The van der Waals surface area contributed by atoms with E-state index in [4.69, 9.17) is 19.6 Å². The average molecular weight is 363 g/mol. The molecule has 3 rings (SSSR count). The Morgan fingerprint density at radius 3 is 2.56 bits per heavy atom. The summed E-state index contributed by atoms with van der Waals surface area (Å²) in [5.41, 5.74) is 2.08. The highest BCUT2D eigenvalue weighted by Crippen LogP contribution is 2.35. The number of nitrogens with zero attached hydrogens (tertiary/aromatic N) is 3. The fraction of sp³-hybridized carbons (Fsp3) is 0.500. The van der Waals surface area contributed by atoms with Gasteiger partial charge in [-0.15, -0.1) is 11.3 Å². The average Bonchev–Trinajstić information content (AvgIpc) is 3.11. The highest BCUT2D eigenvalue weighted by molar-refractivity contribution is 7.13. The lowest BCUT2D eigenvalue weighted by molar-refractivity contribution is 0.108. The number of thiazole rings is 1. The number of aliphatic hydroxyl groups is 1. The molecule has 1 saturated heterocycles. The fourth-order valence-electron chi connectivity index (χ4n) is 3.02. The van der Waals surface area contributed by atoms with Crippen LogP contribution in [0.2, 0.25) is 0 Å². The van der Waals surface area contributed by atoms with Crippen LogP contribution < -0.4 is 9.47 Å². The molecule has 1 fully saturated rings. The Hall–Kier alpha value is -1.67. The van der Waals surface area contributed by atoms with Gasteiger partial charge in [-0.2, -0.15) is 0 Å². The molecule has 0 spiro atoms. The van der Waals surface area contributed by atoms with Gasteiger partial charge in [-0.25, -0.2) is 4.98 Å². The molecule has 0 atom stereocenters. The summed E-state index contributed by atoms with van der Waals surface area (Å²) in [7, 11) is 3.31. The third-order valence-electron chi connectivity index (χ3n) is 4.46. The number of aliphatic hydroxyl groups excluding tert-OH is 1. The van der Waals surface area contributed by atoms with Gasteiger partial charge in [0.05, 0.1) is 32.1 Å². The smallest absolute Gasteiger partial charge is 0.132 e. The maximum absolute atomic E-state index is 9.02. The van der Waals surface area contributed by atoms with E-state index in [1.54, 1.807) is 25.6 Å². The summed E-state index contributed by atoms with van der Waals surface area (Å²) in [6.45, 7) is 5.90. The predicted octanol–water partition coefficient (Wildman–Crippen LogP) is 1.94. The van der Waals surface area contributed by atoms with Crippen LogP contribution in [0, 0.1) is 0 Å². The minimum atomic E-state index is 0.235. The molecule has 1 aliphatic rings. The summed E-state index contributed by atoms with van der Waals surface area (Å²) in [5.74, 6) is 1.55. The topological polar surface area (TPSA) is 58.1 Å². The second-order valence-corrected chi connectivity index (χ2v) is 6.91. The van der Waals surface area contributed by atoms with Crippen LogP contribution in [0.1, 0.15) is 5.69 Å². The molecule has 0 unspecified atom stereocenters. The Balaban J connectivity index is 1.65. The zero-order chi connectivity index (χ0) is 17.6. The molecule has 1 aliphatic heterocycles. The van der Waals surface area contributed by atoms with E-state index in [2.05, 4.69) is 15.2 Å². The van der Waals surface area contributed by atoms with Crippen LogP contribution in [0.4, 0.5) is 0 Å². The number of piperazine rings is 1. The van der Waals surface area contributed by atoms with Crippen LogP contribution in [0.3, 0.4) is 0 Å². The van der Waals surface area contributed by atoms with Crippen molar-refractivity contribution in [3.63, 3.8) is 0 Å². The van der Waals surface area contributed by atoms with Crippen molar-refractivity contribution in [2.45, 2.75) is 6.54 Å². The number of β-amino-alcohol motifs (C(OH)–C–C–N with tert-alkyl or cyclic N) is 1. The molecule has 0 amide bonds. The van der Waals surface area contributed by atoms with E-state index in [0.29, 0.717) is 0 Å². The van der Waals surface area contributed by atoms with Crippen LogP contribution in [0.25, 0.3) is 10.6 Å². The van der Waals surface area contributed by atoms with E-state index < -0.39 is 0 Å². The molecular formula is C18H25N3O3S. The van der Waals surface area contributed by atoms with E-state index in [1.165, 1.54) is 0 Å². The van der Waals surface area contributed by atoms with Gasteiger partial charge in [0, 0.05) is 50.7 Å². The minimum absolute atomic E-state index is 0.235. The molecule has 1 aromatic carbocycles. The molecule has 136 valence electrons. The first-order valence-corrected chi connectivity index (χ1v) is 9.34.